The quantitative estimate of drug-likeness (QED) is 0.293. The van der Waals surface area contributed by atoms with Crippen LogP contribution in [-0.2, 0) is 11.4 Å². The topological polar surface area (TPSA) is 59.9 Å². The van der Waals surface area contributed by atoms with E-state index in [0.717, 1.165) is 15.6 Å². The smallest absolute Gasteiger partial charge is 0.264 e. The zero-order chi connectivity index (χ0) is 24.1. The highest BCUT2D eigenvalue weighted by Gasteiger charge is 2.24. The van der Waals surface area contributed by atoms with Crippen LogP contribution in [0.3, 0.4) is 0 Å². The summed E-state index contributed by atoms with van der Waals surface area (Å²) in [5.41, 5.74) is 2.34. The number of ether oxygens (including phenoxy) is 2. The second-order valence-electron chi connectivity index (χ2n) is 7.11. The third-order valence-electron chi connectivity index (χ3n) is 4.68. The summed E-state index contributed by atoms with van der Waals surface area (Å²) in [5.74, 6) is 1.00. The van der Waals surface area contributed by atoms with E-state index in [1.54, 1.807) is 24.3 Å². The number of aliphatic imine (C=N–C) groups is 1. The predicted octanol–water partition coefficient (Wildman–Crippen LogP) is 7.63. The number of carbonyl (C=O) groups excluding carboxylic acids is 1. The van der Waals surface area contributed by atoms with E-state index in [0.29, 0.717) is 50.5 Å². The van der Waals surface area contributed by atoms with Crippen LogP contribution in [0, 0.1) is 0 Å². The fourth-order valence-corrected chi connectivity index (χ4v) is 4.50. The lowest BCUT2D eigenvalue weighted by atomic mass is 10.2. The van der Waals surface area contributed by atoms with Gasteiger partial charge in [-0.2, -0.15) is 0 Å². The van der Waals surface area contributed by atoms with Gasteiger partial charge in [0.05, 0.1) is 27.2 Å². The number of amides is 1. The molecule has 0 aliphatic carbocycles. The number of nitrogens with one attached hydrogen (secondary N) is 1. The van der Waals surface area contributed by atoms with Gasteiger partial charge in [0.15, 0.2) is 16.7 Å². The zero-order valence-corrected chi connectivity index (χ0v) is 21.9. The van der Waals surface area contributed by atoms with Crippen molar-refractivity contribution >= 4 is 73.7 Å². The molecule has 0 atom stereocenters. The predicted molar refractivity (Wildman–Crippen MR) is 143 cm³/mol. The number of halogens is 3. The number of rotatable bonds is 7. The summed E-state index contributed by atoms with van der Waals surface area (Å²) in [7, 11) is 0. The third kappa shape index (κ3) is 6.16. The van der Waals surface area contributed by atoms with E-state index in [1.807, 2.05) is 49.4 Å². The number of carbonyl (C=O) groups is 1. The first-order chi connectivity index (χ1) is 16.4. The zero-order valence-electron chi connectivity index (χ0n) is 18.0. The molecule has 0 spiro atoms. The Morgan fingerprint density at radius 2 is 1.85 bits per heavy atom. The highest BCUT2D eigenvalue weighted by molar-refractivity contribution is 9.10. The van der Waals surface area contributed by atoms with Gasteiger partial charge in [0.25, 0.3) is 5.91 Å². The van der Waals surface area contributed by atoms with Gasteiger partial charge in [-0.15, -0.1) is 0 Å². The van der Waals surface area contributed by atoms with E-state index >= 15 is 0 Å². The monoisotopic (exact) mass is 576 g/mol. The summed E-state index contributed by atoms with van der Waals surface area (Å²) >= 11 is 16.9. The van der Waals surface area contributed by atoms with E-state index < -0.39 is 0 Å². The Morgan fingerprint density at radius 1 is 1.06 bits per heavy atom. The molecule has 3 aromatic carbocycles. The van der Waals surface area contributed by atoms with Crippen LogP contribution in [0.5, 0.6) is 11.5 Å². The maximum Gasteiger partial charge on any atom is 0.264 e. The number of hydrogen-bond acceptors (Lipinski definition) is 5. The molecule has 34 heavy (non-hydrogen) atoms. The molecule has 4 rings (SSSR count). The average molecular weight is 578 g/mol. The minimum absolute atomic E-state index is 0.240. The molecule has 0 unspecified atom stereocenters. The molecule has 0 aromatic heterocycles. The lowest BCUT2D eigenvalue weighted by molar-refractivity contribution is -0.115. The van der Waals surface area contributed by atoms with Gasteiger partial charge < -0.3 is 14.8 Å². The molecular weight excluding hydrogens is 559 g/mol. The Kier molecular flexibility index (Phi) is 8.21. The molecule has 1 aliphatic rings. The molecule has 1 N–H and O–H groups in total. The van der Waals surface area contributed by atoms with Crippen LogP contribution in [0.25, 0.3) is 6.08 Å². The second kappa shape index (κ2) is 11.3. The second-order valence-corrected chi connectivity index (χ2v) is 9.84. The Labute approximate surface area is 220 Å². The van der Waals surface area contributed by atoms with Gasteiger partial charge in [0.2, 0.25) is 0 Å². The van der Waals surface area contributed by atoms with Gasteiger partial charge in [-0.3, -0.25) is 4.79 Å². The van der Waals surface area contributed by atoms with Gasteiger partial charge in [0, 0.05) is 4.47 Å². The largest absolute Gasteiger partial charge is 0.490 e. The van der Waals surface area contributed by atoms with Gasteiger partial charge in [-0.05, 0) is 72.3 Å². The molecule has 1 aliphatic heterocycles. The average Bonchev–Trinajstić information content (AvgIpc) is 3.16. The van der Waals surface area contributed by atoms with Gasteiger partial charge in [-0.1, -0.05) is 63.4 Å². The number of hydrogen-bond donors (Lipinski definition) is 1. The summed E-state index contributed by atoms with van der Waals surface area (Å²) in [6, 6.07) is 18.7. The molecule has 1 fully saturated rings. The summed E-state index contributed by atoms with van der Waals surface area (Å²) in [6.07, 6.45) is 1.78. The number of benzene rings is 3. The minimum Gasteiger partial charge on any atom is -0.490 e. The first kappa shape index (κ1) is 24.7. The molecule has 0 saturated carbocycles. The number of thioether (sulfide) groups is 1. The standard InChI is InChI=1S/C25H19BrCl2N2O3S/c1-2-32-21-12-16(8-11-20(21)33-14-15-6-9-17(26)10-7-15)13-22-24(31)30-25(34-22)29-19-5-3-4-18(27)23(19)28/h3-13H,2,14H2,1H3,(H,29,30,31)/b22-13-. The lowest BCUT2D eigenvalue weighted by Crippen LogP contribution is -2.19. The van der Waals surface area contributed by atoms with Crippen LogP contribution < -0.4 is 14.8 Å². The van der Waals surface area contributed by atoms with Crippen molar-refractivity contribution in [1.82, 2.24) is 5.32 Å². The summed E-state index contributed by atoms with van der Waals surface area (Å²) in [5, 5.41) is 3.93. The van der Waals surface area contributed by atoms with Crippen LogP contribution >= 0.6 is 50.9 Å². The molecule has 0 radical (unpaired) electrons. The Morgan fingerprint density at radius 3 is 2.62 bits per heavy atom. The Hall–Kier alpha value is -2.45. The van der Waals surface area contributed by atoms with Crippen LogP contribution in [0.2, 0.25) is 10.0 Å². The summed E-state index contributed by atoms with van der Waals surface area (Å²) in [4.78, 5) is 17.4. The Bertz CT molecular complexity index is 1280. The fraction of sp³-hybridized carbons (Fsp3) is 0.120. The highest BCUT2D eigenvalue weighted by atomic mass is 79.9. The van der Waals surface area contributed by atoms with Gasteiger partial charge in [-0.25, -0.2) is 4.99 Å². The van der Waals surface area contributed by atoms with Gasteiger partial charge in [0.1, 0.15) is 6.61 Å². The van der Waals surface area contributed by atoms with E-state index in [9.17, 15) is 4.79 Å². The third-order valence-corrected chi connectivity index (χ3v) is 6.92. The first-order valence-corrected chi connectivity index (χ1v) is 12.7. The molecule has 9 heteroatoms. The van der Waals surface area contributed by atoms with Crippen LogP contribution in [0.4, 0.5) is 5.69 Å². The lowest BCUT2D eigenvalue weighted by Gasteiger charge is -2.13. The maximum atomic E-state index is 12.5. The van der Waals surface area contributed by atoms with Crippen molar-refractivity contribution in [2.24, 2.45) is 4.99 Å². The van der Waals surface area contributed by atoms with E-state index in [4.69, 9.17) is 32.7 Å². The van der Waals surface area contributed by atoms with E-state index in [-0.39, 0.29) is 5.91 Å². The molecule has 5 nitrogen and oxygen atoms in total. The van der Waals surface area contributed by atoms with Crippen molar-refractivity contribution in [3.63, 3.8) is 0 Å². The molecule has 1 amide bonds. The SMILES string of the molecule is CCOc1cc(/C=C2\SC(=Nc3cccc(Cl)c3Cl)NC2=O)ccc1OCc1ccc(Br)cc1. The van der Waals surface area contributed by atoms with Crippen molar-refractivity contribution in [3.05, 3.63) is 91.2 Å². The van der Waals surface area contributed by atoms with Crippen LogP contribution in [0.15, 0.2) is 75.0 Å². The number of amidine groups is 1. The van der Waals surface area contributed by atoms with Crippen LogP contribution in [-0.4, -0.2) is 17.7 Å². The molecule has 3 aromatic rings. The Balaban J connectivity index is 1.52. The minimum atomic E-state index is -0.240. The highest BCUT2D eigenvalue weighted by Crippen LogP contribution is 2.35. The summed E-state index contributed by atoms with van der Waals surface area (Å²) in [6.45, 7) is 2.81. The number of nitrogens with zero attached hydrogens (tertiary/aromatic N) is 1. The normalized spacial score (nSPS) is 15.6. The first-order valence-electron chi connectivity index (χ1n) is 10.3. The maximum absolute atomic E-state index is 12.5. The van der Waals surface area contributed by atoms with Crippen molar-refractivity contribution in [1.29, 1.82) is 0 Å². The van der Waals surface area contributed by atoms with Crippen molar-refractivity contribution in [2.45, 2.75) is 13.5 Å². The van der Waals surface area contributed by atoms with Crippen molar-refractivity contribution in [2.75, 3.05) is 6.61 Å². The fourth-order valence-electron chi connectivity index (χ4n) is 3.06. The molecule has 1 heterocycles. The van der Waals surface area contributed by atoms with Crippen LogP contribution in [0.1, 0.15) is 18.1 Å². The van der Waals surface area contributed by atoms with Crippen molar-refractivity contribution in [3.8, 4) is 11.5 Å². The molecule has 0 bridgehead atoms. The van der Waals surface area contributed by atoms with Gasteiger partial charge >= 0.3 is 0 Å². The molecule has 1 saturated heterocycles. The van der Waals surface area contributed by atoms with Crippen molar-refractivity contribution < 1.29 is 14.3 Å². The van der Waals surface area contributed by atoms with E-state index in [1.165, 1.54) is 11.8 Å². The summed E-state index contributed by atoms with van der Waals surface area (Å²) < 4.78 is 12.8. The molecule has 174 valence electrons. The molecular formula is C25H19BrCl2N2O3S. The van der Waals surface area contributed by atoms with E-state index in [2.05, 4.69) is 26.2 Å².